The van der Waals surface area contributed by atoms with Crippen molar-refractivity contribution in [3.8, 4) is 0 Å². The SMILES string of the molecule is CCCCCCCCCCCCBr.CCCCCCCCCCCCN1C=CN(C)C1.Cn1ccnc1.[Br-]. The number of hydrogen-bond donors (Lipinski definition) is 0. The molecule has 1 aromatic heterocycles. The van der Waals surface area contributed by atoms with Crippen LogP contribution in [-0.2, 0) is 7.05 Å². The first-order valence-electron chi connectivity index (χ1n) is 15.7. The Morgan fingerprint density at radius 2 is 1.08 bits per heavy atom. The highest BCUT2D eigenvalue weighted by molar-refractivity contribution is 9.09. The molecule has 0 saturated carbocycles. The lowest BCUT2D eigenvalue weighted by molar-refractivity contribution is -0.00000819. The third-order valence-corrected chi connectivity index (χ3v) is 7.42. The van der Waals surface area contributed by atoms with E-state index in [2.05, 4.69) is 64.0 Å². The molecule has 0 spiro atoms. The Morgan fingerprint density at radius 3 is 1.39 bits per heavy atom. The molecule has 0 atom stereocenters. The number of halogens is 2. The minimum absolute atomic E-state index is 0. The number of rotatable bonds is 21. The molecule has 1 aromatic rings. The van der Waals surface area contributed by atoms with Gasteiger partial charge in [0, 0.05) is 50.8 Å². The highest BCUT2D eigenvalue weighted by Crippen LogP contribution is 2.12. The minimum atomic E-state index is 0. The number of alkyl halides is 1. The quantitative estimate of drug-likeness (QED) is 0.102. The Bertz CT molecular complexity index is 556. The van der Waals surface area contributed by atoms with E-state index in [0.717, 1.165) is 6.67 Å². The van der Waals surface area contributed by atoms with E-state index in [9.17, 15) is 0 Å². The highest BCUT2D eigenvalue weighted by atomic mass is 79.9. The van der Waals surface area contributed by atoms with Gasteiger partial charge in [-0.1, -0.05) is 145 Å². The van der Waals surface area contributed by atoms with Crippen molar-refractivity contribution < 1.29 is 17.0 Å². The maximum Gasteiger partial charge on any atom is 0.0943 e. The molecule has 38 heavy (non-hydrogen) atoms. The zero-order valence-corrected chi connectivity index (χ0v) is 28.9. The lowest BCUT2D eigenvalue weighted by Crippen LogP contribution is -3.00. The van der Waals surface area contributed by atoms with Gasteiger partial charge in [0.15, 0.2) is 0 Å². The molecule has 0 bridgehead atoms. The molecule has 2 heterocycles. The van der Waals surface area contributed by atoms with Crippen molar-refractivity contribution in [2.75, 3.05) is 25.6 Å². The maximum atomic E-state index is 3.78. The van der Waals surface area contributed by atoms with E-state index in [1.165, 1.54) is 140 Å². The van der Waals surface area contributed by atoms with Crippen molar-refractivity contribution in [1.82, 2.24) is 19.4 Å². The van der Waals surface area contributed by atoms with Crippen LogP contribution in [0.4, 0.5) is 0 Å². The van der Waals surface area contributed by atoms with Crippen molar-refractivity contribution in [1.29, 1.82) is 0 Å². The van der Waals surface area contributed by atoms with E-state index < -0.39 is 0 Å². The van der Waals surface area contributed by atoms with Crippen LogP contribution in [0.1, 0.15) is 142 Å². The second-order valence-electron chi connectivity index (χ2n) is 10.8. The first-order chi connectivity index (χ1) is 18.1. The molecular formula is C32H63Br2N4-. The van der Waals surface area contributed by atoms with Crippen LogP contribution >= 0.6 is 15.9 Å². The highest BCUT2D eigenvalue weighted by Gasteiger charge is 2.06. The van der Waals surface area contributed by atoms with E-state index in [4.69, 9.17) is 0 Å². The Morgan fingerprint density at radius 1 is 0.632 bits per heavy atom. The Kier molecular flexibility index (Phi) is 34.1. The number of aryl methyl sites for hydroxylation is 1. The molecule has 0 N–H and O–H groups in total. The molecule has 0 unspecified atom stereocenters. The van der Waals surface area contributed by atoms with Crippen LogP contribution in [0, 0.1) is 0 Å². The van der Waals surface area contributed by atoms with Gasteiger partial charge in [-0.25, -0.2) is 4.98 Å². The summed E-state index contributed by atoms with van der Waals surface area (Å²) in [6.45, 7) is 6.88. The average molecular weight is 664 g/mol. The third kappa shape index (κ3) is 30.1. The Hall–Kier alpha value is -0.490. The molecule has 0 aliphatic carbocycles. The lowest BCUT2D eigenvalue weighted by Gasteiger charge is -2.17. The van der Waals surface area contributed by atoms with Crippen LogP contribution in [0.25, 0.3) is 0 Å². The predicted octanol–water partition coefficient (Wildman–Crippen LogP) is 7.31. The summed E-state index contributed by atoms with van der Waals surface area (Å²) in [4.78, 5) is 8.42. The van der Waals surface area contributed by atoms with Gasteiger partial charge in [0.05, 0.1) is 13.0 Å². The number of unbranched alkanes of at least 4 members (excludes halogenated alkanes) is 18. The third-order valence-electron chi connectivity index (χ3n) is 6.86. The van der Waals surface area contributed by atoms with Crippen molar-refractivity contribution in [3.63, 3.8) is 0 Å². The van der Waals surface area contributed by atoms with Crippen molar-refractivity contribution >= 4 is 15.9 Å². The summed E-state index contributed by atoms with van der Waals surface area (Å²) in [5, 5.41) is 1.18. The second kappa shape index (κ2) is 32.7. The minimum Gasteiger partial charge on any atom is -1.00 e. The number of nitrogens with zero attached hydrogens (tertiary/aromatic N) is 4. The fraction of sp³-hybridized carbons (Fsp3) is 0.844. The monoisotopic (exact) mass is 661 g/mol. The first-order valence-corrected chi connectivity index (χ1v) is 16.9. The summed E-state index contributed by atoms with van der Waals surface area (Å²) in [5.41, 5.74) is 0. The molecule has 0 saturated heterocycles. The van der Waals surface area contributed by atoms with Crippen LogP contribution < -0.4 is 17.0 Å². The van der Waals surface area contributed by atoms with Gasteiger partial charge < -0.3 is 31.3 Å². The van der Waals surface area contributed by atoms with E-state index in [-0.39, 0.29) is 17.0 Å². The molecular weight excluding hydrogens is 600 g/mol. The molecule has 0 aromatic carbocycles. The molecule has 0 fully saturated rings. The molecule has 226 valence electrons. The van der Waals surface area contributed by atoms with Gasteiger partial charge in [0.25, 0.3) is 0 Å². The smallest absolute Gasteiger partial charge is 0.0943 e. The Labute approximate surface area is 257 Å². The summed E-state index contributed by atoms with van der Waals surface area (Å²) in [6.07, 6.45) is 38.3. The maximum absolute atomic E-state index is 3.78. The van der Waals surface area contributed by atoms with Gasteiger partial charge in [0.1, 0.15) is 0 Å². The fourth-order valence-electron chi connectivity index (χ4n) is 4.44. The summed E-state index contributed by atoms with van der Waals surface area (Å²) >= 11 is 3.46. The van der Waals surface area contributed by atoms with E-state index in [1.54, 1.807) is 12.5 Å². The molecule has 1 aliphatic heterocycles. The van der Waals surface area contributed by atoms with Crippen molar-refractivity contribution in [3.05, 3.63) is 31.1 Å². The standard InChI is InChI=1S/C16H32N2.C12H25Br.C4H6N2.BrH/c1-3-4-5-6-7-8-9-10-11-12-13-18-15-14-17(2)16-18;1-2-3-4-5-6-7-8-9-10-11-12-13;1-6-3-2-5-4-6;/h14-15H,3-13,16H2,1-2H3;2-12H2,1H3;2-4H,1H3;1H/p-1. The van der Waals surface area contributed by atoms with Gasteiger partial charge in [-0.2, -0.15) is 0 Å². The number of imidazole rings is 1. The largest absolute Gasteiger partial charge is 1.00 e. The van der Waals surface area contributed by atoms with E-state index >= 15 is 0 Å². The zero-order chi connectivity index (χ0) is 27.2. The van der Waals surface area contributed by atoms with Crippen molar-refractivity contribution in [2.24, 2.45) is 7.05 Å². The number of hydrogen-bond acceptors (Lipinski definition) is 3. The topological polar surface area (TPSA) is 24.3 Å². The summed E-state index contributed by atoms with van der Waals surface area (Å²) in [6, 6.07) is 0. The summed E-state index contributed by atoms with van der Waals surface area (Å²) in [5.74, 6) is 0. The van der Waals surface area contributed by atoms with Crippen LogP contribution in [-0.4, -0.2) is 44.9 Å². The van der Waals surface area contributed by atoms with Gasteiger partial charge in [-0.15, -0.1) is 0 Å². The van der Waals surface area contributed by atoms with Gasteiger partial charge in [-0.05, 0) is 12.8 Å². The van der Waals surface area contributed by atoms with Crippen LogP contribution in [0.2, 0.25) is 0 Å². The van der Waals surface area contributed by atoms with E-state index in [0.29, 0.717) is 0 Å². The average Bonchev–Trinajstić information content (AvgIpc) is 3.55. The van der Waals surface area contributed by atoms with Gasteiger partial charge >= 0.3 is 0 Å². The van der Waals surface area contributed by atoms with Crippen LogP contribution in [0.15, 0.2) is 31.1 Å². The van der Waals surface area contributed by atoms with Crippen molar-refractivity contribution in [2.45, 2.75) is 142 Å². The van der Waals surface area contributed by atoms with Gasteiger partial charge in [0.2, 0.25) is 0 Å². The van der Waals surface area contributed by atoms with E-state index in [1.807, 2.05) is 17.8 Å². The van der Waals surface area contributed by atoms with Gasteiger partial charge in [-0.3, -0.25) is 0 Å². The molecule has 2 rings (SSSR count). The van der Waals surface area contributed by atoms with Crippen LogP contribution in [0.3, 0.4) is 0 Å². The molecule has 4 nitrogen and oxygen atoms in total. The lowest BCUT2D eigenvalue weighted by atomic mass is 10.1. The summed E-state index contributed by atoms with van der Waals surface area (Å²) in [7, 11) is 4.07. The fourth-order valence-corrected chi connectivity index (χ4v) is 4.84. The second-order valence-corrected chi connectivity index (χ2v) is 11.6. The molecule has 0 amide bonds. The summed E-state index contributed by atoms with van der Waals surface area (Å²) < 4.78 is 1.89. The Balaban J connectivity index is 0. The predicted molar refractivity (Wildman–Crippen MR) is 169 cm³/mol. The zero-order valence-electron chi connectivity index (χ0n) is 25.7. The molecule has 6 heteroatoms. The first kappa shape index (κ1) is 39.7. The normalized spacial score (nSPS) is 12.0. The number of aromatic nitrogens is 2. The molecule has 1 aliphatic rings. The molecule has 0 radical (unpaired) electrons. The van der Waals surface area contributed by atoms with Crippen LogP contribution in [0.5, 0.6) is 0 Å².